The van der Waals surface area contributed by atoms with Crippen LogP contribution in [0, 0.1) is 6.92 Å². The lowest BCUT2D eigenvalue weighted by Gasteiger charge is -2.18. The fraction of sp³-hybridized carbons (Fsp3) is 0.412. The van der Waals surface area contributed by atoms with E-state index in [1.54, 1.807) is 11.3 Å². The number of rotatable bonds is 7. The van der Waals surface area contributed by atoms with Crippen LogP contribution in [0.2, 0.25) is 0 Å². The lowest BCUT2D eigenvalue weighted by Crippen LogP contribution is -2.20. The highest BCUT2D eigenvalue weighted by atomic mass is 79.9. The Labute approximate surface area is 139 Å². The molecule has 1 aromatic heterocycles. The number of hydrogen-bond acceptors (Lipinski definition) is 3. The summed E-state index contributed by atoms with van der Waals surface area (Å²) in [5, 5.41) is 3.53. The second kappa shape index (κ2) is 7.97. The van der Waals surface area contributed by atoms with Gasteiger partial charge in [-0.2, -0.15) is 0 Å². The first-order chi connectivity index (χ1) is 10.1. The third kappa shape index (κ3) is 4.83. The Kier molecular flexibility index (Phi) is 6.27. The molecule has 1 aromatic carbocycles. The molecule has 4 heteroatoms. The van der Waals surface area contributed by atoms with Crippen LogP contribution in [0.4, 0.5) is 0 Å². The molecule has 1 unspecified atom stereocenters. The quantitative estimate of drug-likeness (QED) is 0.701. The Bertz CT molecular complexity index is 582. The Hall–Kier alpha value is -0.840. The molecule has 2 nitrogen and oxygen atoms in total. The van der Waals surface area contributed by atoms with Gasteiger partial charge in [-0.1, -0.05) is 19.1 Å². The van der Waals surface area contributed by atoms with Crippen molar-refractivity contribution in [3.63, 3.8) is 0 Å². The third-order valence-electron chi connectivity index (χ3n) is 3.33. The molecule has 0 saturated heterocycles. The molecule has 0 aliphatic rings. The van der Waals surface area contributed by atoms with E-state index < -0.39 is 0 Å². The largest absolute Gasteiger partial charge is 0.488 e. The number of hydrogen-bond donors (Lipinski definition) is 1. The van der Waals surface area contributed by atoms with Gasteiger partial charge in [0.15, 0.2) is 0 Å². The SMILES string of the molecule is CCCNC(C)c1ccc(C)cc1OCc1ccc(Br)s1. The lowest BCUT2D eigenvalue weighted by molar-refractivity contribution is 0.303. The van der Waals surface area contributed by atoms with Crippen LogP contribution in [0.3, 0.4) is 0 Å². The molecule has 2 aromatic rings. The molecule has 0 aliphatic heterocycles. The maximum atomic E-state index is 6.07. The smallest absolute Gasteiger partial charge is 0.124 e. The lowest BCUT2D eigenvalue weighted by atomic mass is 10.0. The fourth-order valence-electron chi connectivity index (χ4n) is 2.17. The van der Waals surface area contributed by atoms with E-state index in [9.17, 15) is 0 Å². The summed E-state index contributed by atoms with van der Waals surface area (Å²) in [7, 11) is 0. The van der Waals surface area contributed by atoms with E-state index in [-0.39, 0.29) is 0 Å². The second-order valence-corrected chi connectivity index (χ2v) is 7.76. The summed E-state index contributed by atoms with van der Waals surface area (Å²) in [6, 6.07) is 10.9. The number of benzene rings is 1. The zero-order valence-corrected chi connectivity index (χ0v) is 15.2. The van der Waals surface area contributed by atoms with Crippen LogP contribution in [0.15, 0.2) is 34.1 Å². The summed E-state index contributed by atoms with van der Waals surface area (Å²) in [5.41, 5.74) is 2.45. The Morgan fingerprint density at radius 1 is 1.29 bits per heavy atom. The Morgan fingerprint density at radius 3 is 2.76 bits per heavy atom. The van der Waals surface area contributed by atoms with Crippen LogP contribution in [0.5, 0.6) is 5.75 Å². The number of aryl methyl sites for hydroxylation is 1. The number of ether oxygens (including phenoxy) is 1. The van der Waals surface area contributed by atoms with Crippen molar-refractivity contribution in [1.82, 2.24) is 5.32 Å². The van der Waals surface area contributed by atoms with Crippen molar-refractivity contribution in [2.24, 2.45) is 0 Å². The third-order valence-corrected chi connectivity index (χ3v) is 4.93. The summed E-state index contributed by atoms with van der Waals surface area (Å²) in [6.07, 6.45) is 1.13. The second-order valence-electron chi connectivity index (χ2n) is 5.21. The van der Waals surface area contributed by atoms with Crippen molar-refractivity contribution in [2.45, 2.75) is 39.8 Å². The predicted molar refractivity (Wildman–Crippen MR) is 94.2 cm³/mol. The van der Waals surface area contributed by atoms with E-state index in [0.29, 0.717) is 12.6 Å². The zero-order chi connectivity index (χ0) is 15.2. The fourth-order valence-corrected chi connectivity index (χ4v) is 3.57. The highest BCUT2D eigenvalue weighted by Gasteiger charge is 2.12. The van der Waals surface area contributed by atoms with Crippen LogP contribution >= 0.6 is 27.3 Å². The zero-order valence-electron chi connectivity index (χ0n) is 12.8. The Morgan fingerprint density at radius 2 is 2.10 bits per heavy atom. The van der Waals surface area contributed by atoms with Crippen molar-refractivity contribution in [1.29, 1.82) is 0 Å². The minimum absolute atomic E-state index is 0.302. The monoisotopic (exact) mass is 367 g/mol. The van der Waals surface area contributed by atoms with Crippen molar-refractivity contribution in [2.75, 3.05) is 6.54 Å². The molecule has 114 valence electrons. The van der Waals surface area contributed by atoms with Gasteiger partial charge in [0.2, 0.25) is 0 Å². The minimum Gasteiger partial charge on any atom is -0.488 e. The van der Waals surface area contributed by atoms with Gasteiger partial charge in [0, 0.05) is 16.5 Å². The average Bonchev–Trinajstić information content (AvgIpc) is 2.88. The first kappa shape index (κ1) is 16.5. The summed E-state index contributed by atoms with van der Waals surface area (Å²) in [4.78, 5) is 1.23. The molecular weight excluding hydrogens is 346 g/mol. The van der Waals surface area contributed by atoms with Crippen molar-refractivity contribution in [3.8, 4) is 5.75 Å². The molecule has 1 atom stereocenters. The van der Waals surface area contributed by atoms with Crippen LogP contribution in [0.25, 0.3) is 0 Å². The standard InChI is InChI=1S/C17H22BrNOS/c1-4-9-19-13(3)15-7-5-12(2)10-16(15)20-11-14-6-8-17(18)21-14/h5-8,10,13,19H,4,9,11H2,1-3H3. The predicted octanol–water partition coefficient (Wildman–Crippen LogP) is 5.46. The van der Waals surface area contributed by atoms with E-state index in [1.807, 2.05) is 0 Å². The first-order valence-electron chi connectivity index (χ1n) is 7.31. The Balaban J connectivity index is 2.10. The highest BCUT2D eigenvalue weighted by Crippen LogP contribution is 2.29. The topological polar surface area (TPSA) is 21.3 Å². The average molecular weight is 368 g/mol. The normalized spacial score (nSPS) is 12.4. The van der Waals surface area contributed by atoms with Gasteiger partial charge in [0.05, 0.1) is 3.79 Å². The molecule has 0 fully saturated rings. The molecule has 21 heavy (non-hydrogen) atoms. The van der Waals surface area contributed by atoms with Gasteiger partial charge in [0.25, 0.3) is 0 Å². The summed E-state index contributed by atoms with van der Waals surface area (Å²) < 4.78 is 7.21. The molecule has 0 bridgehead atoms. The maximum Gasteiger partial charge on any atom is 0.124 e. The van der Waals surface area contributed by atoms with Crippen LogP contribution in [-0.4, -0.2) is 6.54 Å². The molecule has 2 rings (SSSR count). The molecule has 0 saturated carbocycles. The molecule has 0 spiro atoms. The highest BCUT2D eigenvalue weighted by molar-refractivity contribution is 9.11. The van der Waals surface area contributed by atoms with Crippen molar-refractivity contribution >= 4 is 27.3 Å². The minimum atomic E-state index is 0.302. The molecule has 0 radical (unpaired) electrons. The van der Waals surface area contributed by atoms with E-state index in [2.05, 4.69) is 72.3 Å². The van der Waals surface area contributed by atoms with Crippen molar-refractivity contribution < 1.29 is 4.74 Å². The van der Waals surface area contributed by atoms with Gasteiger partial charge < -0.3 is 10.1 Å². The van der Waals surface area contributed by atoms with E-state index in [4.69, 9.17) is 4.74 Å². The maximum absolute atomic E-state index is 6.07. The van der Waals surface area contributed by atoms with Crippen molar-refractivity contribution in [3.05, 3.63) is 50.1 Å². The van der Waals surface area contributed by atoms with Gasteiger partial charge in [-0.05, 0) is 66.5 Å². The molecule has 1 heterocycles. The number of thiophene rings is 1. The van der Waals surface area contributed by atoms with Crippen LogP contribution < -0.4 is 10.1 Å². The van der Waals surface area contributed by atoms with Gasteiger partial charge in [0.1, 0.15) is 12.4 Å². The van der Waals surface area contributed by atoms with Gasteiger partial charge in [-0.3, -0.25) is 0 Å². The van der Waals surface area contributed by atoms with Gasteiger partial charge >= 0.3 is 0 Å². The molecule has 1 N–H and O–H groups in total. The molecular formula is C17H22BrNOS. The summed E-state index contributed by atoms with van der Waals surface area (Å²) >= 11 is 5.20. The van der Waals surface area contributed by atoms with E-state index in [1.165, 1.54) is 16.0 Å². The van der Waals surface area contributed by atoms with Crippen LogP contribution in [-0.2, 0) is 6.61 Å². The van der Waals surface area contributed by atoms with Gasteiger partial charge in [-0.25, -0.2) is 0 Å². The number of nitrogens with one attached hydrogen (secondary N) is 1. The first-order valence-corrected chi connectivity index (χ1v) is 8.92. The van der Waals surface area contributed by atoms with E-state index in [0.717, 1.165) is 22.5 Å². The van der Waals surface area contributed by atoms with Gasteiger partial charge in [-0.15, -0.1) is 11.3 Å². The summed E-state index contributed by atoms with van der Waals surface area (Å²) in [5.74, 6) is 0.982. The number of halogens is 1. The van der Waals surface area contributed by atoms with E-state index >= 15 is 0 Å². The molecule has 0 aliphatic carbocycles. The summed E-state index contributed by atoms with van der Waals surface area (Å²) in [6.45, 7) is 8.11. The van der Waals surface area contributed by atoms with Crippen LogP contribution in [0.1, 0.15) is 42.3 Å². The molecule has 0 amide bonds.